The summed E-state index contributed by atoms with van der Waals surface area (Å²) < 4.78 is 10.6. The van der Waals surface area contributed by atoms with Crippen LogP contribution in [0, 0.1) is 0 Å². The molecule has 1 aromatic carbocycles. The van der Waals surface area contributed by atoms with E-state index in [1.54, 1.807) is 14.2 Å². The number of aromatic nitrogens is 2. The third kappa shape index (κ3) is 2.41. The maximum Gasteiger partial charge on any atom is 0.241 e. The van der Waals surface area contributed by atoms with Crippen molar-refractivity contribution in [2.24, 2.45) is 0 Å². The van der Waals surface area contributed by atoms with E-state index < -0.39 is 0 Å². The van der Waals surface area contributed by atoms with Crippen LogP contribution in [-0.2, 0) is 12.0 Å². The van der Waals surface area contributed by atoms with Crippen molar-refractivity contribution in [3.8, 4) is 11.6 Å². The fourth-order valence-corrected chi connectivity index (χ4v) is 2.22. The number of hydrogen-bond acceptors (Lipinski definition) is 5. The second-order valence-electron chi connectivity index (χ2n) is 5.68. The first-order valence-electron chi connectivity index (χ1n) is 6.45. The molecule has 108 valence electrons. The van der Waals surface area contributed by atoms with Crippen molar-refractivity contribution in [2.75, 3.05) is 14.2 Å². The molecule has 0 aliphatic carbocycles. The third-order valence-corrected chi connectivity index (χ3v) is 3.22. The number of rotatable bonds is 3. The van der Waals surface area contributed by atoms with Gasteiger partial charge in [0.25, 0.3) is 0 Å². The van der Waals surface area contributed by atoms with Crippen molar-refractivity contribution in [1.82, 2.24) is 10.2 Å². The van der Waals surface area contributed by atoms with E-state index >= 15 is 0 Å². The highest BCUT2D eigenvalue weighted by atomic mass is 16.5. The first kappa shape index (κ1) is 14.5. The summed E-state index contributed by atoms with van der Waals surface area (Å²) in [5, 5.41) is 19.7. The summed E-state index contributed by atoms with van der Waals surface area (Å²) in [6.45, 7) is 6.14. The largest absolute Gasteiger partial charge is 0.496 e. The molecule has 0 radical (unpaired) electrons. The quantitative estimate of drug-likeness (QED) is 0.932. The normalized spacial score (nSPS) is 11.7. The van der Waals surface area contributed by atoms with Gasteiger partial charge in [-0.15, -0.1) is 5.10 Å². The lowest BCUT2D eigenvalue weighted by molar-refractivity contribution is 0.274. The van der Waals surface area contributed by atoms with Crippen LogP contribution in [0.1, 0.15) is 32.0 Å². The smallest absolute Gasteiger partial charge is 0.241 e. The molecule has 0 fully saturated rings. The van der Waals surface area contributed by atoms with Gasteiger partial charge in [0.1, 0.15) is 5.75 Å². The summed E-state index contributed by atoms with van der Waals surface area (Å²) in [4.78, 5) is 0. The first-order chi connectivity index (χ1) is 9.42. The van der Waals surface area contributed by atoms with Gasteiger partial charge in [-0.05, 0) is 12.1 Å². The van der Waals surface area contributed by atoms with Crippen LogP contribution in [0.4, 0.5) is 0 Å². The van der Waals surface area contributed by atoms with E-state index in [1.807, 2.05) is 12.1 Å². The van der Waals surface area contributed by atoms with E-state index in [4.69, 9.17) is 9.47 Å². The predicted octanol–water partition coefficient (Wildman–Crippen LogP) is 2.44. The van der Waals surface area contributed by atoms with Crippen molar-refractivity contribution in [1.29, 1.82) is 0 Å². The number of hydrogen-bond donors (Lipinski definition) is 1. The van der Waals surface area contributed by atoms with Gasteiger partial charge >= 0.3 is 0 Å². The molecule has 2 rings (SSSR count). The molecule has 0 aliphatic rings. The van der Waals surface area contributed by atoms with Gasteiger partial charge < -0.3 is 14.6 Å². The van der Waals surface area contributed by atoms with Crippen LogP contribution in [0.2, 0.25) is 0 Å². The topological polar surface area (TPSA) is 64.5 Å². The van der Waals surface area contributed by atoms with Gasteiger partial charge in [-0.3, -0.25) is 0 Å². The van der Waals surface area contributed by atoms with Gasteiger partial charge in [-0.25, -0.2) is 0 Å². The SMILES string of the molecule is COc1cc2c(OC)nnc(C(C)(C)C)c2cc1CO. The molecule has 0 atom stereocenters. The van der Waals surface area contributed by atoms with Crippen LogP contribution in [0.25, 0.3) is 10.8 Å². The number of aliphatic hydroxyl groups is 1. The summed E-state index contributed by atoms with van der Waals surface area (Å²) in [6.07, 6.45) is 0. The van der Waals surface area contributed by atoms with Crippen LogP contribution in [0.15, 0.2) is 12.1 Å². The molecular weight excluding hydrogens is 256 g/mol. The maximum absolute atomic E-state index is 9.48. The lowest BCUT2D eigenvalue weighted by Crippen LogP contribution is -2.15. The van der Waals surface area contributed by atoms with Gasteiger partial charge in [0.15, 0.2) is 0 Å². The molecule has 5 nitrogen and oxygen atoms in total. The first-order valence-corrected chi connectivity index (χ1v) is 6.45. The van der Waals surface area contributed by atoms with Gasteiger partial charge in [0.05, 0.1) is 31.9 Å². The molecule has 1 aromatic heterocycles. The van der Waals surface area contributed by atoms with Crippen molar-refractivity contribution in [3.63, 3.8) is 0 Å². The Morgan fingerprint density at radius 2 is 1.75 bits per heavy atom. The molecule has 0 unspecified atom stereocenters. The molecule has 0 bridgehead atoms. The minimum Gasteiger partial charge on any atom is -0.496 e. The zero-order valence-corrected chi connectivity index (χ0v) is 12.5. The maximum atomic E-state index is 9.48. The second-order valence-corrected chi connectivity index (χ2v) is 5.68. The zero-order valence-electron chi connectivity index (χ0n) is 12.5. The Balaban J connectivity index is 2.86. The Labute approximate surface area is 118 Å². The summed E-state index contributed by atoms with van der Waals surface area (Å²) in [7, 11) is 3.14. The minimum atomic E-state index is -0.154. The van der Waals surface area contributed by atoms with Gasteiger partial charge in [-0.2, -0.15) is 5.10 Å². The Kier molecular flexibility index (Phi) is 3.81. The molecule has 0 spiro atoms. The van der Waals surface area contributed by atoms with Crippen LogP contribution >= 0.6 is 0 Å². The van der Waals surface area contributed by atoms with Gasteiger partial charge in [-0.1, -0.05) is 20.8 Å². The number of aliphatic hydroxyl groups excluding tert-OH is 1. The lowest BCUT2D eigenvalue weighted by atomic mass is 9.88. The summed E-state index contributed by atoms with van der Waals surface area (Å²) in [5.41, 5.74) is 1.44. The van der Waals surface area contributed by atoms with Crippen LogP contribution in [0.5, 0.6) is 11.6 Å². The van der Waals surface area contributed by atoms with E-state index in [1.165, 1.54) is 0 Å². The molecule has 0 aliphatic heterocycles. The van der Waals surface area contributed by atoms with Crippen molar-refractivity contribution >= 4 is 10.8 Å². The van der Waals surface area contributed by atoms with E-state index in [0.29, 0.717) is 11.6 Å². The fraction of sp³-hybridized carbons (Fsp3) is 0.467. The molecule has 0 amide bonds. The summed E-state index contributed by atoms with van der Waals surface area (Å²) >= 11 is 0. The number of ether oxygens (including phenoxy) is 2. The molecule has 1 N–H and O–H groups in total. The third-order valence-electron chi connectivity index (χ3n) is 3.22. The van der Waals surface area contributed by atoms with Crippen molar-refractivity contribution in [2.45, 2.75) is 32.8 Å². The Hall–Kier alpha value is -1.88. The van der Waals surface area contributed by atoms with E-state index in [0.717, 1.165) is 22.0 Å². The molecule has 5 heteroatoms. The van der Waals surface area contributed by atoms with E-state index in [2.05, 4.69) is 31.0 Å². The van der Waals surface area contributed by atoms with Crippen molar-refractivity contribution < 1.29 is 14.6 Å². The molecule has 20 heavy (non-hydrogen) atoms. The van der Waals surface area contributed by atoms with Crippen molar-refractivity contribution in [3.05, 3.63) is 23.4 Å². The van der Waals surface area contributed by atoms with Gasteiger partial charge in [0, 0.05) is 16.4 Å². The highest BCUT2D eigenvalue weighted by Gasteiger charge is 2.22. The average molecular weight is 276 g/mol. The minimum absolute atomic E-state index is 0.0899. The van der Waals surface area contributed by atoms with E-state index in [9.17, 15) is 5.11 Å². The number of benzene rings is 1. The Morgan fingerprint density at radius 1 is 1.05 bits per heavy atom. The zero-order chi connectivity index (χ0) is 14.9. The lowest BCUT2D eigenvalue weighted by Gasteiger charge is -2.20. The van der Waals surface area contributed by atoms with E-state index in [-0.39, 0.29) is 12.0 Å². The Bertz CT molecular complexity index is 633. The van der Waals surface area contributed by atoms with Crippen LogP contribution < -0.4 is 9.47 Å². The molecule has 0 saturated heterocycles. The highest BCUT2D eigenvalue weighted by molar-refractivity contribution is 5.91. The highest BCUT2D eigenvalue weighted by Crippen LogP contribution is 2.35. The van der Waals surface area contributed by atoms with Gasteiger partial charge in [0.2, 0.25) is 5.88 Å². The van der Waals surface area contributed by atoms with Crippen LogP contribution in [0.3, 0.4) is 0 Å². The molecule has 2 aromatic rings. The molecule has 1 heterocycles. The molecular formula is C15H20N2O3. The monoisotopic (exact) mass is 276 g/mol. The standard InChI is InChI=1S/C15H20N2O3/c1-15(2,3)13-10-6-9(8-18)12(19-4)7-11(10)14(20-5)17-16-13/h6-7,18H,8H2,1-5H3. The summed E-state index contributed by atoms with van der Waals surface area (Å²) in [6, 6.07) is 3.73. The molecule has 0 saturated carbocycles. The number of fused-ring (bicyclic) bond motifs is 1. The summed E-state index contributed by atoms with van der Waals surface area (Å²) in [5.74, 6) is 1.07. The van der Waals surface area contributed by atoms with Crippen LogP contribution in [-0.4, -0.2) is 29.5 Å². The predicted molar refractivity (Wildman–Crippen MR) is 77.3 cm³/mol. The number of methoxy groups -OCH3 is 2. The number of nitrogens with zero attached hydrogens (tertiary/aromatic N) is 2. The Morgan fingerprint density at radius 3 is 2.25 bits per heavy atom. The second kappa shape index (κ2) is 5.25. The fourth-order valence-electron chi connectivity index (χ4n) is 2.22. The average Bonchev–Trinajstić information content (AvgIpc) is 2.43.